The van der Waals surface area contributed by atoms with Crippen molar-refractivity contribution in [3.8, 4) is 0 Å². The summed E-state index contributed by atoms with van der Waals surface area (Å²) >= 11 is 0. The van der Waals surface area contributed by atoms with Gasteiger partial charge in [-0.05, 0) is 6.92 Å². The van der Waals surface area contributed by atoms with Crippen LogP contribution in [0, 0.1) is 6.92 Å². The summed E-state index contributed by atoms with van der Waals surface area (Å²) in [5, 5.41) is 13.4. The standard InChI is InChI=1S/C8H12N2O2/c1-6-7(5-9-10(6)2)8(12)3-4-11/h4-5,8,12H,3H2,1-2H3. The second-order valence-corrected chi connectivity index (χ2v) is 2.73. The maximum absolute atomic E-state index is 10.1. The molecule has 1 N–H and O–H groups in total. The number of aldehydes is 1. The first-order valence-electron chi connectivity index (χ1n) is 3.77. The molecule has 0 aliphatic rings. The minimum absolute atomic E-state index is 0.131. The largest absolute Gasteiger partial charge is 0.388 e. The average Bonchev–Trinajstić information content (AvgIpc) is 2.34. The molecule has 0 bridgehead atoms. The normalized spacial score (nSPS) is 12.9. The topological polar surface area (TPSA) is 55.1 Å². The van der Waals surface area contributed by atoms with Crippen molar-refractivity contribution in [2.45, 2.75) is 19.4 Å². The van der Waals surface area contributed by atoms with Crippen molar-refractivity contribution in [2.75, 3.05) is 0 Å². The summed E-state index contributed by atoms with van der Waals surface area (Å²) in [6, 6.07) is 0. The highest BCUT2D eigenvalue weighted by Gasteiger charge is 2.12. The van der Waals surface area contributed by atoms with Gasteiger partial charge in [-0.1, -0.05) is 0 Å². The quantitative estimate of drug-likeness (QED) is 0.662. The van der Waals surface area contributed by atoms with Gasteiger partial charge in [-0.3, -0.25) is 4.68 Å². The van der Waals surface area contributed by atoms with E-state index >= 15 is 0 Å². The van der Waals surface area contributed by atoms with Gasteiger partial charge in [0.15, 0.2) is 0 Å². The SMILES string of the molecule is Cc1c(C(O)CC=O)cnn1C. The van der Waals surface area contributed by atoms with Gasteiger partial charge in [0.05, 0.1) is 12.3 Å². The van der Waals surface area contributed by atoms with E-state index in [2.05, 4.69) is 5.10 Å². The van der Waals surface area contributed by atoms with E-state index in [4.69, 9.17) is 0 Å². The number of aliphatic hydroxyl groups is 1. The smallest absolute Gasteiger partial charge is 0.122 e. The zero-order chi connectivity index (χ0) is 9.14. The highest BCUT2D eigenvalue weighted by molar-refractivity contribution is 5.51. The molecule has 1 rings (SSSR count). The van der Waals surface area contributed by atoms with Gasteiger partial charge in [-0.2, -0.15) is 5.10 Å². The van der Waals surface area contributed by atoms with E-state index < -0.39 is 6.10 Å². The molecule has 4 heteroatoms. The minimum atomic E-state index is -0.712. The van der Waals surface area contributed by atoms with Gasteiger partial charge in [0.25, 0.3) is 0 Å². The zero-order valence-corrected chi connectivity index (χ0v) is 7.19. The Kier molecular flexibility index (Phi) is 2.60. The van der Waals surface area contributed by atoms with Gasteiger partial charge >= 0.3 is 0 Å². The lowest BCUT2D eigenvalue weighted by atomic mass is 10.1. The summed E-state index contributed by atoms with van der Waals surface area (Å²) < 4.78 is 1.67. The van der Waals surface area contributed by atoms with Gasteiger partial charge in [-0.25, -0.2) is 0 Å². The maximum atomic E-state index is 10.1. The van der Waals surface area contributed by atoms with Gasteiger partial charge < -0.3 is 9.90 Å². The molecule has 1 aromatic heterocycles. The van der Waals surface area contributed by atoms with E-state index in [1.807, 2.05) is 6.92 Å². The van der Waals surface area contributed by atoms with E-state index in [-0.39, 0.29) is 6.42 Å². The monoisotopic (exact) mass is 168 g/mol. The van der Waals surface area contributed by atoms with Crippen LogP contribution in [-0.4, -0.2) is 21.2 Å². The third-order valence-electron chi connectivity index (χ3n) is 1.95. The highest BCUT2D eigenvalue weighted by atomic mass is 16.3. The van der Waals surface area contributed by atoms with Gasteiger partial charge in [0.2, 0.25) is 0 Å². The summed E-state index contributed by atoms with van der Waals surface area (Å²) in [6.45, 7) is 1.86. The van der Waals surface area contributed by atoms with Crippen molar-refractivity contribution in [2.24, 2.45) is 7.05 Å². The van der Waals surface area contributed by atoms with Crippen molar-refractivity contribution in [1.82, 2.24) is 9.78 Å². The first kappa shape index (κ1) is 8.93. The molecule has 0 aliphatic carbocycles. The minimum Gasteiger partial charge on any atom is -0.388 e. The first-order chi connectivity index (χ1) is 5.66. The first-order valence-corrected chi connectivity index (χ1v) is 3.77. The predicted octanol–water partition coefficient (Wildman–Crippen LogP) is 0.351. The summed E-state index contributed by atoms with van der Waals surface area (Å²) in [5.74, 6) is 0. The molecule has 1 unspecified atom stereocenters. The molecule has 12 heavy (non-hydrogen) atoms. The number of aromatic nitrogens is 2. The van der Waals surface area contributed by atoms with Crippen LogP contribution in [0.2, 0.25) is 0 Å². The van der Waals surface area contributed by atoms with Crippen LogP contribution in [0.15, 0.2) is 6.20 Å². The van der Waals surface area contributed by atoms with Crippen molar-refractivity contribution >= 4 is 6.29 Å². The van der Waals surface area contributed by atoms with Crippen molar-refractivity contribution < 1.29 is 9.90 Å². The van der Waals surface area contributed by atoms with Crippen molar-refractivity contribution in [1.29, 1.82) is 0 Å². The molecule has 1 heterocycles. The molecule has 0 saturated carbocycles. The lowest BCUT2D eigenvalue weighted by molar-refractivity contribution is -0.109. The summed E-state index contributed by atoms with van der Waals surface area (Å²) in [7, 11) is 1.80. The fraction of sp³-hybridized carbons (Fsp3) is 0.500. The molecular weight excluding hydrogens is 156 g/mol. The molecule has 0 amide bonds. The molecule has 0 aliphatic heterocycles. The second-order valence-electron chi connectivity index (χ2n) is 2.73. The van der Waals surface area contributed by atoms with E-state index in [0.29, 0.717) is 6.29 Å². The summed E-state index contributed by atoms with van der Waals surface area (Å²) in [5.41, 5.74) is 1.62. The highest BCUT2D eigenvalue weighted by Crippen LogP contribution is 2.18. The van der Waals surface area contributed by atoms with Crippen LogP contribution in [0.4, 0.5) is 0 Å². The molecule has 1 atom stereocenters. The predicted molar refractivity (Wildman–Crippen MR) is 43.6 cm³/mol. The number of nitrogens with zero attached hydrogens (tertiary/aromatic N) is 2. The molecule has 0 aromatic carbocycles. The lowest BCUT2D eigenvalue weighted by Crippen LogP contribution is -2.00. The maximum Gasteiger partial charge on any atom is 0.122 e. The number of carbonyl (C=O) groups excluding carboxylic acids is 1. The molecule has 0 fully saturated rings. The number of aryl methyl sites for hydroxylation is 1. The van der Waals surface area contributed by atoms with Crippen LogP contribution in [0.1, 0.15) is 23.8 Å². The Hall–Kier alpha value is -1.16. The Balaban J connectivity index is 2.87. The van der Waals surface area contributed by atoms with Gasteiger partial charge in [0.1, 0.15) is 6.29 Å². The third kappa shape index (κ3) is 1.53. The summed E-state index contributed by atoms with van der Waals surface area (Å²) in [4.78, 5) is 10.1. The van der Waals surface area contributed by atoms with Crippen molar-refractivity contribution in [3.05, 3.63) is 17.5 Å². The lowest BCUT2D eigenvalue weighted by Gasteiger charge is -2.05. The van der Waals surface area contributed by atoms with Crippen LogP contribution in [0.3, 0.4) is 0 Å². The Morgan fingerprint density at radius 1 is 1.83 bits per heavy atom. The molecular formula is C8H12N2O2. The molecule has 1 aromatic rings. The van der Waals surface area contributed by atoms with Crippen molar-refractivity contribution in [3.63, 3.8) is 0 Å². The number of carbonyl (C=O) groups is 1. The Morgan fingerprint density at radius 3 is 2.92 bits per heavy atom. The fourth-order valence-corrected chi connectivity index (χ4v) is 1.06. The van der Waals surface area contributed by atoms with Gasteiger partial charge in [-0.15, -0.1) is 0 Å². The zero-order valence-electron chi connectivity index (χ0n) is 7.19. The summed E-state index contributed by atoms with van der Waals surface area (Å²) in [6.07, 6.45) is 1.71. The van der Waals surface area contributed by atoms with Crippen LogP contribution in [0.5, 0.6) is 0 Å². The molecule has 0 radical (unpaired) electrons. The van der Waals surface area contributed by atoms with Gasteiger partial charge in [0, 0.05) is 24.7 Å². The van der Waals surface area contributed by atoms with E-state index in [1.54, 1.807) is 17.9 Å². The number of rotatable bonds is 3. The Bertz CT molecular complexity index is 281. The third-order valence-corrected chi connectivity index (χ3v) is 1.95. The molecule has 66 valence electrons. The molecule has 4 nitrogen and oxygen atoms in total. The van der Waals surface area contributed by atoms with Crippen LogP contribution in [0.25, 0.3) is 0 Å². The van der Waals surface area contributed by atoms with E-state index in [9.17, 15) is 9.90 Å². The number of hydrogen-bond acceptors (Lipinski definition) is 3. The fourth-order valence-electron chi connectivity index (χ4n) is 1.06. The Labute approximate surface area is 70.8 Å². The molecule has 0 saturated heterocycles. The van der Waals surface area contributed by atoms with Crippen LogP contribution in [-0.2, 0) is 11.8 Å². The number of aliphatic hydroxyl groups excluding tert-OH is 1. The van der Waals surface area contributed by atoms with Crippen LogP contribution < -0.4 is 0 Å². The Morgan fingerprint density at radius 2 is 2.50 bits per heavy atom. The van der Waals surface area contributed by atoms with E-state index in [0.717, 1.165) is 11.3 Å². The van der Waals surface area contributed by atoms with Crippen LogP contribution >= 0.6 is 0 Å². The second kappa shape index (κ2) is 3.49. The van der Waals surface area contributed by atoms with E-state index in [1.165, 1.54) is 0 Å². The number of hydrogen-bond donors (Lipinski definition) is 1. The molecule has 0 spiro atoms. The average molecular weight is 168 g/mol.